The first kappa shape index (κ1) is 19.6. The number of benzene rings is 1. The number of quaternary nitrogens is 1. The number of aromatic nitrogens is 1. The van der Waals surface area contributed by atoms with Gasteiger partial charge in [-0.05, 0) is 6.07 Å². The summed E-state index contributed by atoms with van der Waals surface area (Å²) >= 11 is 0. The first-order valence-electron chi connectivity index (χ1n) is 9.82. The predicted molar refractivity (Wildman–Crippen MR) is 103 cm³/mol. The van der Waals surface area contributed by atoms with Crippen molar-refractivity contribution in [2.75, 3.05) is 39.4 Å². The number of furan rings is 1. The highest BCUT2D eigenvalue weighted by Crippen LogP contribution is 2.23. The number of hydrogen-bond acceptors (Lipinski definition) is 3. The van der Waals surface area contributed by atoms with Crippen LogP contribution >= 0.6 is 0 Å². The van der Waals surface area contributed by atoms with Gasteiger partial charge in [0.25, 0.3) is 5.91 Å². The molecule has 0 spiro atoms. The third-order valence-electron chi connectivity index (χ3n) is 5.31. The predicted octanol–water partition coefficient (Wildman–Crippen LogP) is 1.60. The second kappa shape index (κ2) is 8.75. The van der Waals surface area contributed by atoms with Crippen molar-refractivity contribution in [2.24, 2.45) is 0 Å². The summed E-state index contributed by atoms with van der Waals surface area (Å²) in [4.78, 5) is 14.2. The van der Waals surface area contributed by atoms with Crippen molar-refractivity contribution >= 4 is 17.0 Å². The number of halogens is 2. The van der Waals surface area contributed by atoms with Crippen molar-refractivity contribution < 1.29 is 27.6 Å². The van der Waals surface area contributed by atoms with Crippen LogP contribution in [0.25, 0.3) is 11.1 Å². The van der Waals surface area contributed by atoms with Crippen LogP contribution in [0, 0.1) is 11.6 Å². The topological polar surface area (TPSA) is 60.8 Å². The van der Waals surface area contributed by atoms with E-state index in [4.69, 9.17) is 9.15 Å². The summed E-state index contributed by atoms with van der Waals surface area (Å²) in [6.45, 7) is 5.10. The number of carbonyl (C=O) groups excluding carboxylic acids is 1. The van der Waals surface area contributed by atoms with E-state index in [0.717, 1.165) is 45.3 Å². The molecule has 154 valence electrons. The Morgan fingerprint density at radius 2 is 2.03 bits per heavy atom. The minimum Gasteiger partial charge on any atom is -0.463 e. The van der Waals surface area contributed by atoms with Gasteiger partial charge in [0, 0.05) is 30.7 Å². The molecule has 0 aliphatic carbocycles. The highest BCUT2D eigenvalue weighted by Gasteiger charge is 2.20. The third kappa shape index (κ3) is 4.33. The Hall–Kier alpha value is -2.71. The Kier molecular flexibility index (Phi) is 5.92. The molecule has 2 aromatic heterocycles. The van der Waals surface area contributed by atoms with E-state index in [1.807, 2.05) is 0 Å². The van der Waals surface area contributed by atoms with E-state index in [1.165, 1.54) is 23.3 Å². The zero-order chi connectivity index (χ0) is 20.2. The zero-order valence-electron chi connectivity index (χ0n) is 16.0. The van der Waals surface area contributed by atoms with Gasteiger partial charge in [0.15, 0.2) is 17.2 Å². The highest BCUT2D eigenvalue weighted by atomic mass is 19.2. The van der Waals surface area contributed by atoms with Gasteiger partial charge < -0.3 is 23.9 Å². The van der Waals surface area contributed by atoms with Crippen LogP contribution in [-0.4, -0.2) is 49.9 Å². The van der Waals surface area contributed by atoms with E-state index in [2.05, 4.69) is 5.32 Å². The van der Waals surface area contributed by atoms with Crippen LogP contribution in [0.15, 0.2) is 41.0 Å². The lowest BCUT2D eigenvalue weighted by Gasteiger charge is -2.23. The van der Waals surface area contributed by atoms with Gasteiger partial charge in [-0.2, -0.15) is 0 Å². The largest absolute Gasteiger partial charge is 0.463 e. The fourth-order valence-corrected chi connectivity index (χ4v) is 3.72. The standard InChI is InChI=1S/C21H23F2N3O3/c22-16-4-1-3-15(20(16)23)14-26-17-5-10-29-19(17)13-18(26)21(27)24-6-2-7-25-8-11-28-12-9-25/h1,3-5,10,13H,2,6-9,11-12,14H2,(H,24,27)/p+1. The number of carbonyl (C=O) groups is 1. The van der Waals surface area contributed by atoms with E-state index in [0.29, 0.717) is 23.3 Å². The molecule has 2 N–H and O–H groups in total. The molecule has 8 heteroatoms. The maximum atomic E-state index is 14.2. The summed E-state index contributed by atoms with van der Waals surface area (Å²) in [7, 11) is 0. The molecule has 0 radical (unpaired) electrons. The number of amides is 1. The number of rotatable bonds is 7. The number of hydrogen-bond donors (Lipinski definition) is 2. The first-order valence-corrected chi connectivity index (χ1v) is 9.82. The summed E-state index contributed by atoms with van der Waals surface area (Å²) in [5.74, 6) is -2.07. The molecule has 1 amide bonds. The lowest BCUT2D eigenvalue weighted by Crippen LogP contribution is -3.14. The average Bonchev–Trinajstić information content (AvgIpc) is 3.32. The molecule has 0 atom stereocenters. The maximum absolute atomic E-state index is 14.2. The molecule has 1 saturated heterocycles. The van der Waals surface area contributed by atoms with E-state index in [-0.39, 0.29) is 18.0 Å². The SMILES string of the molecule is O=C(NCCC[NH+]1CCOCC1)c1cc2occc2n1Cc1cccc(F)c1F. The van der Waals surface area contributed by atoms with Crippen LogP contribution in [0.4, 0.5) is 8.78 Å². The summed E-state index contributed by atoms with van der Waals surface area (Å²) < 4.78 is 40.1. The number of morpholine rings is 1. The van der Waals surface area contributed by atoms with Crippen LogP contribution in [0.2, 0.25) is 0 Å². The van der Waals surface area contributed by atoms with Crippen LogP contribution < -0.4 is 10.2 Å². The quantitative estimate of drug-likeness (QED) is 0.588. The van der Waals surface area contributed by atoms with Gasteiger partial charge >= 0.3 is 0 Å². The summed E-state index contributed by atoms with van der Waals surface area (Å²) in [5, 5.41) is 2.93. The summed E-state index contributed by atoms with van der Waals surface area (Å²) in [6, 6.07) is 7.39. The Bertz CT molecular complexity index is 992. The summed E-state index contributed by atoms with van der Waals surface area (Å²) in [6.07, 6.45) is 2.37. The van der Waals surface area contributed by atoms with E-state index < -0.39 is 11.6 Å². The Morgan fingerprint density at radius 1 is 1.21 bits per heavy atom. The van der Waals surface area contributed by atoms with Gasteiger partial charge in [0.1, 0.15) is 18.8 Å². The average molecular weight is 404 g/mol. The molecule has 1 aromatic carbocycles. The smallest absolute Gasteiger partial charge is 0.268 e. The van der Waals surface area contributed by atoms with Crippen molar-refractivity contribution in [1.82, 2.24) is 9.88 Å². The first-order chi connectivity index (χ1) is 14.1. The number of nitrogens with zero attached hydrogens (tertiary/aromatic N) is 1. The van der Waals surface area contributed by atoms with E-state index in [1.54, 1.807) is 16.7 Å². The fraction of sp³-hybridized carbons (Fsp3) is 0.381. The van der Waals surface area contributed by atoms with Gasteiger partial charge in [-0.15, -0.1) is 0 Å². The molecular formula is C21H24F2N3O3+. The third-order valence-corrected chi connectivity index (χ3v) is 5.31. The van der Waals surface area contributed by atoms with Gasteiger partial charge in [0.05, 0.1) is 38.1 Å². The van der Waals surface area contributed by atoms with Crippen LogP contribution in [0.1, 0.15) is 22.5 Å². The molecule has 1 aliphatic heterocycles. The van der Waals surface area contributed by atoms with E-state index in [9.17, 15) is 13.6 Å². The number of ether oxygens (including phenoxy) is 1. The van der Waals surface area contributed by atoms with Gasteiger partial charge in [0.2, 0.25) is 0 Å². The lowest BCUT2D eigenvalue weighted by atomic mass is 10.2. The molecule has 3 aromatic rings. The molecule has 1 fully saturated rings. The van der Waals surface area contributed by atoms with Crippen molar-refractivity contribution in [2.45, 2.75) is 13.0 Å². The van der Waals surface area contributed by atoms with Gasteiger partial charge in [-0.25, -0.2) is 8.78 Å². The minimum atomic E-state index is -0.908. The molecule has 0 saturated carbocycles. The van der Waals surface area contributed by atoms with Crippen LogP contribution in [-0.2, 0) is 11.3 Å². The van der Waals surface area contributed by atoms with Gasteiger partial charge in [-0.3, -0.25) is 4.79 Å². The fourth-order valence-electron chi connectivity index (χ4n) is 3.72. The molecular weight excluding hydrogens is 380 g/mol. The molecule has 3 heterocycles. The lowest BCUT2D eigenvalue weighted by molar-refractivity contribution is -0.908. The monoisotopic (exact) mass is 404 g/mol. The normalized spacial score (nSPS) is 15.1. The molecule has 4 rings (SSSR count). The molecule has 29 heavy (non-hydrogen) atoms. The van der Waals surface area contributed by atoms with Crippen LogP contribution in [0.3, 0.4) is 0 Å². The Morgan fingerprint density at radius 3 is 2.86 bits per heavy atom. The molecule has 6 nitrogen and oxygen atoms in total. The van der Waals surface area contributed by atoms with Crippen molar-refractivity contribution in [3.63, 3.8) is 0 Å². The highest BCUT2D eigenvalue weighted by molar-refractivity contribution is 5.97. The molecule has 1 aliphatic rings. The molecule has 0 unspecified atom stereocenters. The number of fused-ring (bicyclic) bond motifs is 1. The second-order valence-electron chi connectivity index (χ2n) is 7.22. The maximum Gasteiger partial charge on any atom is 0.268 e. The summed E-state index contributed by atoms with van der Waals surface area (Å²) in [5.41, 5.74) is 1.73. The van der Waals surface area contributed by atoms with Crippen molar-refractivity contribution in [3.8, 4) is 0 Å². The zero-order valence-corrected chi connectivity index (χ0v) is 16.0. The molecule has 0 bridgehead atoms. The second-order valence-corrected chi connectivity index (χ2v) is 7.22. The van der Waals surface area contributed by atoms with Crippen LogP contribution in [0.5, 0.6) is 0 Å². The van der Waals surface area contributed by atoms with Crippen molar-refractivity contribution in [1.29, 1.82) is 0 Å². The minimum absolute atomic E-state index is 0.0350. The Labute approximate surface area is 167 Å². The number of nitrogens with one attached hydrogen (secondary N) is 2. The van der Waals surface area contributed by atoms with Crippen molar-refractivity contribution in [3.05, 3.63) is 59.5 Å². The van der Waals surface area contributed by atoms with Gasteiger partial charge in [-0.1, -0.05) is 12.1 Å². The Balaban J connectivity index is 1.45. The van der Waals surface area contributed by atoms with E-state index >= 15 is 0 Å².